The fraction of sp³-hybridized carbons (Fsp3) is 0.214. The lowest BCUT2D eigenvalue weighted by molar-refractivity contribution is -0.115. The standard InChI is InChI=1S/C14H12N2O3/c1-8-6-14(18)19-12-5-9(2)11(7-10(8)12)16-13(17)3-4-15/h5-7H,3H2,1-2H3,(H,16,17). The molecule has 0 saturated carbocycles. The molecule has 0 bridgehead atoms. The fourth-order valence-electron chi connectivity index (χ4n) is 1.87. The van der Waals surface area contributed by atoms with Crippen LogP contribution in [0.25, 0.3) is 11.0 Å². The van der Waals surface area contributed by atoms with E-state index >= 15 is 0 Å². The summed E-state index contributed by atoms with van der Waals surface area (Å²) in [5, 5.41) is 11.9. The lowest BCUT2D eigenvalue weighted by Crippen LogP contribution is -2.11. The number of carbonyl (C=O) groups excluding carboxylic acids is 1. The Morgan fingerprint density at radius 3 is 2.74 bits per heavy atom. The largest absolute Gasteiger partial charge is 0.423 e. The van der Waals surface area contributed by atoms with Gasteiger partial charge in [0.15, 0.2) is 0 Å². The molecule has 0 aliphatic rings. The van der Waals surface area contributed by atoms with Crippen molar-refractivity contribution in [3.63, 3.8) is 0 Å². The molecule has 5 nitrogen and oxygen atoms in total. The van der Waals surface area contributed by atoms with E-state index in [1.165, 1.54) is 6.07 Å². The monoisotopic (exact) mass is 256 g/mol. The number of hydrogen-bond acceptors (Lipinski definition) is 4. The zero-order chi connectivity index (χ0) is 14.0. The van der Waals surface area contributed by atoms with Crippen LogP contribution in [0.4, 0.5) is 5.69 Å². The zero-order valence-electron chi connectivity index (χ0n) is 10.6. The summed E-state index contributed by atoms with van der Waals surface area (Å²) < 4.78 is 5.11. The molecule has 2 aromatic rings. The third-order valence-corrected chi connectivity index (χ3v) is 2.81. The van der Waals surface area contributed by atoms with E-state index in [0.29, 0.717) is 11.3 Å². The first-order chi connectivity index (χ1) is 9.01. The summed E-state index contributed by atoms with van der Waals surface area (Å²) in [6, 6.07) is 6.64. The third-order valence-electron chi connectivity index (χ3n) is 2.81. The SMILES string of the molecule is Cc1cc2oc(=O)cc(C)c2cc1NC(=O)CC#N. The van der Waals surface area contributed by atoms with Crippen molar-refractivity contribution >= 4 is 22.6 Å². The Hall–Kier alpha value is -2.61. The number of rotatable bonds is 2. The number of benzene rings is 1. The lowest BCUT2D eigenvalue weighted by Gasteiger charge is -2.09. The van der Waals surface area contributed by atoms with E-state index in [4.69, 9.17) is 9.68 Å². The van der Waals surface area contributed by atoms with Crippen molar-refractivity contribution in [3.05, 3.63) is 39.7 Å². The van der Waals surface area contributed by atoms with Crippen LogP contribution in [0.15, 0.2) is 27.4 Å². The molecule has 5 heteroatoms. The average molecular weight is 256 g/mol. The van der Waals surface area contributed by atoms with Crippen LogP contribution in [-0.2, 0) is 4.79 Å². The molecule has 1 amide bonds. The summed E-state index contributed by atoms with van der Waals surface area (Å²) in [6.45, 7) is 3.60. The summed E-state index contributed by atoms with van der Waals surface area (Å²) in [6.07, 6.45) is -0.194. The average Bonchev–Trinajstić information content (AvgIpc) is 2.31. The van der Waals surface area contributed by atoms with Crippen molar-refractivity contribution in [2.24, 2.45) is 0 Å². The Kier molecular flexibility index (Phi) is 3.34. The van der Waals surface area contributed by atoms with Gasteiger partial charge < -0.3 is 9.73 Å². The van der Waals surface area contributed by atoms with E-state index in [0.717, 1.165) is 16.5 Å². The molecule has 0 aliphatic heterocycles. The highest BCUT2D eigenvalue weighted by Gasteiger charge is 2.09. The van der Waals surface area contributed by atoms with Gasteiger partial charge in [0.05, 0.1) is 6.07 Å². The maximum Gasteiger partial charge on any atom is 0.336 e. The van der Waals surface area contributed by atoms with Gasteiger partial charge in [0.25, 0.3) is 0 Å². The number of aryl methyl sites for hydroxylation is 2. The van der Waals surface area contributed by atoms with E-state index in [9.17, 15) is 9.59 Å². The predicted octanol–water partition coefficient (Wildman–Crippen LogP) is 2.26. The number of amides is 1. The molecule has 0 unspecified atom stereocenters. The van der Waals surface area contributed by atoms with Gasteiger partial charge in [-0.2, -0.15) is 5.26 Å². The minimum Gasteiger partial charge on any atom is -0.423 e. The second kappa shape index (κ2) is 4.94. The summed E-state index contributed by atoms with van der Waals surface area (Å²) in [4.78, 5) is 22.7. The van der Waals surface area contributed by atoms with Gasteiger partial charge in [-0.05, 0) is 37.1 Å². The van der Waals surface area contributed by atoms with Crippen molar-refractivity contribution in [1.29, 1.82) is 5.26 Å². The van der Waals surface area contributed by atoms with Crippen LogP contribution in [0.1, 0.15) is 17.5 Å². The molecule has 0 fully saturated rings. The molecule has 2 rings (SSSR count). The number of hydrogen-bond donors (Lipinski definition) is 1. The Bertz CT molecular complexity index is 754. The summed E-state index contributed by atoms with van der Waals surface area (Å²) >= 11 is 0. The number of fused-ring (bicyclic) bond motifs is 1. The highest BCUT2D eigenvalue weighted by Crippen LogP contribution is 2.25. The van der Waals surface area contributed by atoms with E-state index in [1.54, 1.807) is 32.0 Å². The molecule has 1 N–H and O–H groups in total. The summed E-state index contributed by atoms with van der Waals surface area (Å²) in [7, 11) is 0. The Morgan fingerprint density at radius 2 is 2.05 bits per heavy atom. The number of nitrogens with zero attached hydrogens (tertiary/aromatic N) is 1. The van der Waals surface area contributed by atoms with Crippen LogP contribution in [0.5, 0.6) is 0 Å². The van der Waals surface area contributed by atoms with Gasteiger partial charge >= 0.3 is 5.63 Å². The Morgan fingerprint density at radius 1 is 1.32 bits per heavy atom. The van der Waals surface area contributed by atoms with Crippen LogP contribution in [-0.4, -0.2) is 5.91 Å². The van der Waals surface area contributed by atoms with Crippen LogP contribution >= 0.6 is 0 Å². The van der Waals surface area contributed by atoms with Crippen molar-refractivity contribution in [2.75, 3.05) is 5.32 Å². The second-order valence-electron chi connectivity index (χ2n) is 4.29. The first-order valence-electron chi connectivity index (χ1n) is 5.73. The van der Waals surface area contributed by atoms with Gasteiger partial charge in [0.1, 0.15) is 12.0 Å². The van der Waals surface area contributed by atoms with Gasteiger partial charge in [-0.25, -0.2) is 4.79 Å². The van der Waals surface area contributed by atoms with Crippen molar-refractivity contribution < 1.29 is 9.21 Å². The molecular formula is C14H12N2O3. The van der Waals surface area contributed by atoms with Crippen LogP contribution in [0, 0.1) is 25.2 Å². The van der Waals surface area contributed by atoms with Gasteiger partial charge in [-0.1, -0.05) is 0 Å². The summed E-state index contributed by atoms with van der Waals surface area (Å²) in [5.41, 5.74) is 2.26. The van der Waals surface area contributed by atoms with Crippen molar-refractivity contribution in [2.45, 2.75) is 20.3 Å². The minimum atomic E-state index is -0.398. The molecule has 0 spiro atoms. The molecular weight excluding hydrogens is 244 g/mol. The van der Waals surface area contributed by atoms with Crippen LogP contribution in [0.2, 0.25) is 0 Å². The topological polar surface area (TPSA) is 83.1 Å². The normalized spacial score (nSPS) is 10.2. The lowest BCUT2D eigenvalue weighted by atomic mass is 10.1. The molecule has 1 aromatic heterocycles. The molecule has 0 radical (unpaired) electrons. The molecule has 19 heavy (non-hydrogen) atoms. The molecule has 1 aromatic carbocycles. The quantitative estimate of drug-likeness (QED) is 0.835. The number of nitrogens with one attached hydrogen (secondary N) is 1. The zero-order valence-corrected chi connectivity index (χ0v) is 10.6. The van der Waals surface area contributed by atoms with Crippen LogP contribution in [0.3, 0.4) is 0 Å². The number of carbonyl (C=O) groups is 1. The maximum atomic E-state index is 11.4. The van der Waals surface area contributed by atoms with Gasteiger partial charge in [-0.15, -0.1) is 0 Å². The Labute approximate surface area is 109 Å². The molecule has 0 saturated heterocycles. The molecule has 0 atom stereocenters. The maximum absolute atomic E-state index is 11.4. The highest BCUT2D eigenvalue weighted by molar-refractivity contribution is 5.96. The third kappa shape index (κ3) is 2.63. The molecule has 96 valence electrons. The van der Waals surface area contributed by atoms with Gasteiger partial charge in [0.2, 0.25) is 5.91 Å². The number of anilines is 1. The van der Waals surface area contributed by atoms with Crippen molar-refractivity contribution in [1.82, 2.24) is 0 Å². The smallest absolute Gasteiger partial charge is 0.336 e. The highest BCUT2D eigenvalue weighted by atomic mass is 16.4. The predicted molar refractivity (Wildman–Crippen MR) is 70.8 cm³/mol. The van der Waals surface area contributed by atoms with E-state index in [1.807, 2.05) is 0 Å². The van der Waals surface area contributed by atoms with Gasteiger partial charge in [-0.3, -0.25) is 4.79 Å². The van der Waals surface area contributed by atoms with E-state index in [-0.39, 0.29) is 12.3 Å². The number of nitriles is 1. The molecule has 0 aliphatic carbocycles. The Balaban J connectivity index is 2.53. The molecule has 1 heterocycles. The second-order valence-corrected chi connectivity index (χ2v) is 4.29. The van der Waals surface area contributed by atoms with Crippen molar-refractivity contribution in [3.8, 4) is 6.07 Å². The summed E-state index contributed by atoms with van der Waals surface area (Å²) in [5.74, 6) is -0.361. The minimum absolute atomic E-state index is 0.194. The van der Waals surface area contributed by atoms with Gasteiger partial charge in [0, 0.05) is 17.1 Å². The first-order valence-corrected chi connectivity index (χ1v) is 5.73. The van der Waals surface area contributed by atoms with Crippen LogP contribution < -0.4 is 10.9 Å². The fourth-order valence-corrected chi connectivity index (χ4v) is 1.87. The first kappa shape index (κ1) is 12.8. The van der Waals surface area contributed by atoms with E-state index in [2.05, 4.69) is 5.32 Å². The van der Waals surface area contributed by atoms with E-state index < -0.39 is 5.63 Å².